The van der Waals surface area contributed by atoms with Crippen LogP contribution in [-0.2, 0) is 28.1 Å². The number of hydrogen-bond acceptors (Lipinski definition) is 3. The molecular formula is C23H25ClFN3O3. The van der Waals surface area contributed by atoms with Crippen LogP contribution in [0.2, 0.25) is 5.02 Å². The normalized spacial score (nSPS) is 18.3. The molecule has 1 N–H and O–H groups in total. The Bertz CT molecular complexity index is 991. The van der Waals surface area contributed by atoms with Crippen molar-refractivity contribution >= 4 is 29.4 Å². The second-order valence-electron chi connectivity index (χ2n) is 7.84. The maximum atomic E-state index is 14.0. The number of aryl methyl sites for hydroxylation is 1. The molecule has 3 rings (SSSR count). The topological polar surface area (TPSA) is 69.7 Å². The van der Waals surface area contributed by atoms with Crippen LogP contribution in [0, 0.1) is 5.82 Å². The van der Waals surface area contributed by atoms with Crippen molar-refractivity contribution in [2.24, 2.45) is 0 Å². The number of imide groups is 1. The summed E-state index contributed by atoms with van der Waals surface area (Å²) in [5.74, 6) is -1.54. The van der Waals surface area contributed by atoms with E-state index in [4.69, 9.17) is 11.6 Å². The van der Waals surface area contributed by atoms with Gasteiger partial charge >= 0.3 is 6.03 Å². The van der Waals surface area contributed by atoms with E-state index >= 15 is 0 Å². The Labute approximate surface area is 186 Å². The fourth-order valence-electron chi connectivity index (χ4n) is 3.59. The van der Waals surface area contributed by atoms with Crippen molar-refractivity contribution in [1.82, 2.24) is 15.1 Å². The summed E-state index contributed by atoms with van der Waals surface area (Å²) >= 11 is 6.02. The highest BCUT2D eigenvalue weighted by molar-refractivity contribution is 6.31. The van der Waals surface area contributed by atoms with Gasteiger partial charge in [-0.3, -0.25) is 14.5 Å². The summed E-state index contributed by atoms with van der Waals surface area (Å²) in [5.41, 5.74) is 0.712. The number of nitrogens with one attached hydrogen (secondary N) is 1. The van der Waals surface area contributed by atoms with E-state index in [2.05, 4.69) is 12.2 Å². The van der Waals surface area contributed by atoms with E-state index in [0.29, 0.717) is 5.56 Å². The Balaban J connectivity index is 1.72. The zero-order valence-corrected chi connectivity index (χ0v) is 18.5. The summed E-state index contributed by atoms with van der Waals surface area (Å²) in [4.78, 5) is 40.4. The molecule has 8 heteroatoms. The van der Waals surface area contributed by atoms with Gasteiger partial charge < -0.3 is 10.2 Å². The molecule has 1 fully saturated rings. The van der Waals surface area contributed by atoms with E-state index < -0.39 is 35.7 Å². The highest BCUT2D eigenvalue weighted by Crippen LogP contribution is 2.29. The molecule has 1 saturated heterocycles. The van der Waals surface area contributed by atoms with Gasteiger partial charge in [0.15, 0.2) is 0 Å². The van der Waals surface area contributed by atoms with Crippen molar-refractivity contribution in [2.45, 2.75) is 38.8 Å². The fraction of sp³-hybridized carbons (Fsp3) is 0.348. The van der Waals surface area contributed by atoms with Gasteiger partial charge in [-0.1, -0.05) is 55.3 Å². The summed E-state index contributed by atoms with van der Waals surface area (Å²) in [6.07, 6.45) is 1.93. The first-order chi connectivity index (χ1) is 14.7. The third-order valence-electron chi connectivity index (χ3n) is 5.52. The molecule has 6 nitrogen and oxygen atoms in total. The van der Waals surface area contributed by atoms with Crippen molar-refractivity contribution in [3.05, 3.63) is 70.0 Å². The molecular weight excluding hydrogens is 421 g/mol. The highest BCUT2D eigenvalue weighted by Gasteiger charge is 2.49. The summed E-state index contributed by atoms with van der Waals surface area (Å²) in [7, 11) is 1.47. The van der Waals surface area contributed by atoms with E-state index in [1.165, 1.54) is 30.1 Å². The predicted octanol–water partition coefficient (Wildman–Crippen LogP) is 3.86. The molecule has 0 spiro atoms. The lowest BCUT2D eigenvalue weighted by Gasteiger charge is -2.24. The number of carbonyl (C=O) groups is 3. The molecule has 1 aliphatic heterocycles. The third kappa shape index (κ3) is 4.56. The number of halogens is 2. The van der Waals surface area contributed by atoms with Crippen LogP contribution in [0.3, 0.4) is 0 Å². The van der Waals surface area contributed by atoms with Gasteiger partial charge in [0.25, 0.3) is 5.91 Å². The standard InChI is InChI=1S/C23H25ClFN3O3/c1-4-6-15-9-11-16(12-10-15)23(2)21(30)28(22(31)26-23)14-20(29)27(3)13-17-18(24)7-5-8-19(17)25/h5,7-12H,4,6,13-14H2,1-3H3,(H,26,31). The molecule has 164 valence electrons. The lowest BCUT2D eigenvalue weighted by atomic mass is 9.91. The number of urea groups is 1. The van der Waals surface area contributed by atoms with E-state index in [-0.39, 0.29) is 17.1 Å². The summed E-state index contributed by atoms with van der Waals surface area (Å²) < 4.78 is 14.0. The molecule has 2 aromatic carbocycles. The number of likely N-dealkylation sites (N-methyl/N-ethyl adjacent to an activating group) is 1. The molecule has 0 aliphatic carbocycles. The number of carbonyl (C=O) groups excluding carboxylic acids is 3. The quantitative estimate of drug-likeness (QED) is 0.658. The van der Waals surface area contributed by atoms with Crippen LogP contribution in [0.25, 0.3) is 0 Å². The minimum Gasteiger partial charge on any atom is -0.340 e. The van der Waals surface area contributed by atoms with Crippen molar-refractivity contribution in [3.8, 4) is 0 Å². The minimum absolute atomic E-state index is 0.0792. The monoisotopic (exact) mass is 445 g/mol. The number of hydrogen-bond donors (Lipinski definition) is 1. The lowest BCUT2D eigenvalue weighted by Crippen LogP contribution is -2.43. The molecule has 31 heavy (non-hydrogen) atoms. The van der Waals surface area contributed by atoms with Gasteiger partial charge in [-0.25, -0.2) is 9.18 Å². The smallest absolute Gasteiger partial charge is 0.325 e. The molecule has 0 radical (unpaired) electrons. The second-order valence-corrected chi connectivity index (χ2v) is 8.25. The molecule has 0 saturated carbocycles. The molecule has 1 aliphatic rings. The first-order valence-corrected chi connectivity index (χ1v) is 10.5. The van der Waals surface area contributed by atoms with Crippen LogP contribution < -0.4 is 5.32 Å². The Hall–Kier alpha value is -2.93. The summed E-state index contributed by atoms with van der Waals surface area (Å²) in [6.45, 7) is 3.18. The maximum Gasteiger partial charge on any atom is 0.325 e. The van der Waals surface area contributed by atoms with Gasteiger partial charge in [0, 0.05) is 24.2 Å². The van der Waals surface area contributed by atoms with E-state index in [0.717, 1.165) is 23.3 Å². The Morgan fingerprint density at radius 1 is 1.19 bits per heavy atom. The zero-order valence-electron chi connectivity index (χ0n) is 17.7. The molecule has 0 bridgehead atoms. The fourth-order valence-corrected chi connectivity index (χ4v) is 3.82. The van der Waals surface area contributed by atoms with E-state index in [9.17, 15) is 18.8 Å². The van der Waals surface area contributed by atoms with Crippen LogP contribution in [0.1, 0.15) is 37.0 Å². The largest absolute Gasteiger partial charge is 0.340 e. The van der Waals surface area contributed by atoms with Gasteiger partial charge in [-0.05, 0) is 36.6 Å². The van der Waals surface area contributed by atoms with Crippen molar-refractivity contribution in [2.75, 3.05) is 13.6 Å². The van der Waals surface area contributed by atoms with Crippen LogP contribution >= 0.6 is 11.6 Å². The van der Waals surface area contributed by atoms with Crippen molar-refractivity contribution < 1.29 is 18.8 Å². The van der Waals surface area contributed by atoms with Crippen LogP contribution in [0.4, 0.5) is 9.18 Å². The van der Waals surface area contributed by atoms with E-state index in [1.807, 2.05) is 24.3 Å². The van der Waals surface area contributed by atoms with Crippen LogP contribution in [0.15, 0.2) is 42.5 Å². The lowest BCUT2D eigenvalue weighted by molar-refractivity contribution is -0.138. The zero-order chi connectivity index (χ0) is 22.8. The molecule has 1 heterocycles. The Morgan fingerprint density at radius 3 is 2.48 bits per heavy atom. The van der Waals surface area contributed by atoms with Gasteiger partial charge in [0.2, 0.25) is 5.91 Å². The first kappa shape index (κ1) is 22.7. The Morgan fingerprint density at radius 2 is 1.87 bits per heavy atom. The highest BCUT2D eigenvalue weighted by atomic mass is 35.5. The van der Waals surface area contributed by atoms with E-state index in [1.54, 1.807) is 6.92 Å². The predicted molar refractivity (Wildman–Crippen MR) is 116 cm³/mol. The van der Waals surface area contributed by atoms with Gasteiger partial charge in [-0.2, -0.15) is 0 Å². The molecule has 0 aromatic heterocycles. The molecule has 1 unspecified atom stereocenters. The van der Waals surface area contributed by atoms with Crippen LogP contribution in [0.5, 0.6) is 0 Å². The van der Waals surface area contributed by atoms with Gasteiger partial charge in [0.05, 0.1) is 0 Å². The second kappa shape index (κ2) is 9.06. The summed E-state index contributed by atoms with van der Waals surface area (Å²) in [6, 6.07) is 11.1. The SMILES string of the molecule is CCCc1ccc(C2(C)NC(=O)N(CC(=O)N(C)Cc3c(F)cccc3Cl)C2=O)cc1. The molecule has 4 amide bonds. The number of amides is 4. The molecule has 2 aromatic rings. The average Bonchev–Trinajstić information content (AvgIpc) is 2.95. The molecule has 1 atom stereocenters. The minimum atomic E-state index is -1.25. The average molecular weight is 446 g/mol. The van der Waals surface area contributed by atoms with Crippen molar-refractivity contribution in [3.63, 3.8) is 0 Å². The first-order valence-electron chi connectivity index (χ1n) is 10.1. The van der Waals surface area contributed by atoms with Gasteiger partial charge in [0.1, 0.15) is 17.9 Å². The number of nitrogens with zero attached hydrogens (tertiary/aromatic N) is 2. The van der Waals surface area contributed by atoms with Crippen molar-refractivity contribution in [1.29, 1.82) is 0 Å². The number of rotatable bonds is 7. The number of benzene rings is 2. The third-order valence-corrected chi connectivity index (χ3v) is 5.88. The van der Waals surface area contributed by atoms with Gasteiger partial charge in [-0.15, -0.1) is 0 Å². The summed E-state index contributed by atoms with van der Waals surface area (Å²) in [5, 5.41) is 2.90. The van der Waals surface area contributed by atoms with Crippen LogP contribution in [-0.4, -0.2) is 41.2 Å². The maximum absolute atomic E-state index is 14.0. The Kier molecular flexibility index (Phi) is 6.65.